The normalized spacial score (nSPS) is 18.9. The molecule has 0 saturated carbocycles. The molecular formula is C39H40Cl2N6O5. The summed E-state index contributed by atoms with van der Waals surface area (Å²) in [5.41, 5.74) is 6.83. The van der Waals surface area contributed by atoms with Gasteiger partial charge in [-0.25, -0.2) is 9.97 Å². The molecule has 5 heterocycles. The van der Waals surface area contributed by atoms with Gasteiger partial charge in [0, 0.05) is 84.5 Å². The van der Waals surface area contributed by atoms with Crippen molar-refractivity contribution in [1.82, 2.24) is 30.3 Å². The number of aromatic nitrogens is 3. The monoisotopic (exact) mass is 742 g/mol. The predicted octanol–water partition coefficient (Wildman–Crippen LogP) is 5.32. The van der Waals surface area contributed by atoms with Crippen LogP contribution in [0.1, 0.15) is 36.1 Å². The lowest BCUT2D eigenvalue weighted by atomic mass is 9.97. The number of halogens is 2. The molecule has 7 rings (SSSR count). The number of pyridine rings is 2. The third-order valence-electron chi connectivity index (χ3n) is 9.80. The summed E-state index contributed by atoms with van der Waals surface area (Å²) in [4.78, 5) is 34.6. The van der Waals surface area contributed by atoms with Crippen LogP contribution in [0, 0.1) is 6.92 Å². The third kappa shape index (κ3) is 7.43. The Morgan fingerprint density at radius 1 is 0.981 bits per heavy atom. The molecule has 2 fully saturated rings. The number of benzene rings is 2. The van der Waals surface area contributed by atoms with Gasteiger partial charge in [0.2, 0.25) is 11.8 Å². The summed E-state index contributed by atoms with van der Waals surface area (Å²) < 4.78 is 12.5. The summed E-state index contributed by atoms with van der Waals surface area (Å²) in [6.45, 7) is 4.17. The minimum atomic E-state index is -0.620. The van der Waals surface area contributed by atoms with Crippen LogP contribution >= 0.6 is 23.2 Å². The van der Waals surface area contributed by atoms with Gasteiger partial charge >= 0.3 is 0 Å². The predicted molar refractivity (Wildman–Crippen MR) is 202 cm³/mol. The first kappa shape index (κ1) is 36.0. The van der Waals surface area contributed by atoms with Crippen molar-refractivity contribution in [3.8, 4) is 39.4 Å². The zero-order valence-electron chi connectivity index (χ0n) is 28.9. The van der Waals surface area contributed by atoms with E-state index in [1.807, 2.05) is 67.6 Å². The molecule has 2 saturated heterocycles. The number of fused-ring (bicyclic) bond motifs is 1. The largest absolute Gasteiger partial charge is 0.481 e. The molecule has 3 aromatic heterocycles. The minimum Gasteiger partial charge on any atom is -0.481 e. The molecule has 0 aliphatic carbocycles. The molecule has 2 aliphatic rings. The van der Waals surface area contributed by atoms with Gasteiger partial charge in [-0.15, -0.1) is 0 Å². The number of nitrogens with one attached hydrogen (secondary N) is 3. The van der Waals surface area contributed by atoms with E-state index in [4.69, 9.17) is 42.6 Å². The van der Waals surface area contributed by atoms with Crippen molar-refractivity contribution >= 4 is 34.8 Å². The molecule has 1 unspecified atom stereocenters. The van der Waals surface area contributed by atoms with E-state index in [9.17, 15) is 14.7 Å². The van der Waals surface area contributed by atoms with E-state index in [1.165, 1.54) is 4.40 Å². The number of carbonyl (C=O) groups is 1. The van der Waals surface area contributed by atoms with Crippen LogP contribution in [0.3, 0.4) is 0 Å². The molecular weight excluding hydrogens is 703 g/mol. The quantitative estimate of drug-likeness (QED) is 0.142. The SMILES string of the molecule is COc1nc(-c2cccc(-c3cccc(-c4ccn5c(=O)c(CN[C@H]6CCOC[C@H]6O)c(C)nc5c4)c3Cl)c2Cl)ccc1CNCC1CCC(=O)N1. The Morgan fingerprint density at radius 3 is 2.46 bits per heavy atom. The Bertz CT molecular complexity index is 2190. The molecule has 0 spiro atoms. The van der Waals surface area contributed by atoms with E-state index >= 15 is 0 Å². The number of hydrogen-bond donors (Lipinski definition) is 4. The van der Waals surface area contributed by atoms with Crippen LogP contribution in [0.25, 0.3) is 39.2 Å². The summed E-state index contributed by atoms with van der Waals surface area (Å²) in [5, 5.41) is 20.9. The number of nitrogens with zero attached hydrogens (tertiary/aromatic N) is 3. The van der Waals surface area contributed by atoms with Crippen LogP contribution in [0.5, 0.6) is 5.88 Å². The first-order valence-corrected chi connectivity index (χ1v) is 18.1. The summed E-state index contributed by atoms with van der Waals surface area (Å²) in [6, 6.07) is 19.1. The third-order valence-corrected chi connectivity index (χ3v) is 10.6. The fourth-order valence-electron chi connectivity index (χ4n) is 6.89. The van der Waals surface area contributed by atoms with Crippen LogP contribution in [0.2, 0.25) is 10.0 Å². The second kappa shape index (κ2) is 15.7. The van der Waals surface area contributed by atoms with Crippen molar-refractivity contribution in [2.45, 2.75) is 57.5 Å². The highest BCUT2D eigenvalue weighted by atomic mass is 35.5. The van der Waals surface area contributed by atoms with Crippen molar-refractivity contribution in [3.63, 3.8) is 0 Å². The average molecular weight is 744 g/mol. The fourth-order valence-corrected chi connectivity index (χ4v) is 7.55. The van der Waals surface area contributed by atoms with Crippen molar-refractivity contribution in [1.29, 1.82) is 0 Å². The highest BCUT2D eigenvalue weighted by Crippen LogP contribution is 2.42. The number of hydrogen-bond acceptors (Lipinski definition) is 9. The van der Waals surface area contributed by atoms with E-state index in [1.54, 1.807) is 13.3 Å². The Balaban J connectivity index is 1.13. The van der Waals surface area contributed by atoms with Gasteiger partial charge in [-0.3, -0.25) is 14.0 Å². The zero-order chi connectivity index (χ0) is 36.4. The number of methoxy groups -OCH3 is 1. The maximum absolute atomic E-state index is 13.5. The smallest absolute Gasteiger partial charge is 0.262 e. The average Bonchev–Trinajstić information content (AvgIpc) is 3.57. The van der Waals surface area contributed by atoms with Gasteiger partial charge < -0.3 is 30.5 Å². The fraction of sp³-hybridized carbons (Fsp3) is 0.333. The molecule has 52 heavy (non-hydrogen) atoms. The van der Waals surface area contributed by atoms with Crippen molar-refractivity contribution in [3.05, 3.63) is 104 Å². The van der Waals surface area contributed by atoms with Gasteiger partial charge in [0.1, 0.15) is 5.65 Å². The molecule has 5 aromatic rings. The number of amides is 1. The lowest BCUT2D eigenvalue weighted by Gasteiger charge is -2.28. The van der Waals surface area contributed by atoms with E-state index in [-0.39, 0.29) is 30.2 Å². The summed E-state index contributed by atoms with van der Waals surface area (Å²) >= 11 is 14.2. The van der Waals surface area contributed by atoms with E-state index in [0.29, 0.717) is 77.6 Å². The number of carbonyl (C=O) groups excluding carboxylic acids is 1. The van der Waals surface area contributed by atoms with Crippen molar-refractivity contribution in [2.24, 2.45) is 0 Å². The summed E-state index contributed by atoms with van der Waals surface area (Å²) in [7, 11) is 1.59. The summed E-state index contributed by atoms with van der Waals surface area (Å²) in [6.07, 6.45) is 3.16. The Labute approximate surface area is 311 Å². The van der Waals surface area contributed by atoms with Gasteiger partial charge in [0.05, 0.1) is 41.1 Å². The van der Waals surface area contributed by atoms with Crippen LogP contribution < -0.4 is 26.2 Å². The van der Waals surface area contributed by atoms with Gasteiger partial charge in [-0.1, -0.05) is 65.7 Å². The second-order valence-corrected chi connectivity index (χ2v) is 13.9. The first-order valence-electron chi connectivity index (χ1n) is 17.3. The Morgan fingerprint density at radius 2 is 1.73 bits per heavy atom. The lowest BCUT2D eigenvalue weighted by molar-refractivity contribution is -0.119. The topological polar surface area (TPSA) is 139 Å². The number of aliphatic hydroxyl groups is 1. The molecule has 2 aromatic carbocycles. The standard InChI is InChI=1S/C39H40Cl2N6O5/c1-22-30(20-43-32-14-16-52-21-33(32)48)39(50)47-15-13-23(17-34(47)44-22)26-5-3-6-27(36(26)40)28-7-4-8-29(37(28)41)31-11-9-24(38(46-31)51-2)18-42-19-25-10-12-35(49)45-25/h3-9,11,13,15,17,25,32-33,42-43,48H,10,12,14,16,18-21H2,1-2H3,(H,45,49)/t25?,32-,33+/m0/s1. The minimum absolute atomic E-state index is 0.0917. The van der Waals surface area contributed by atoms with Crippen molar-refractivity contribution in [2.75, 3.05) is 26.9 Å². The molecule has 0 radical (unpaired) electrons. The van der Waals surface area contributed by atoms with Crippen LogP contribution in [0.4, 0.5) is 0 Å². The van der Waals surface area contributed by atoms with Crippen LogP contribution in [0.15, 0.2) is 71.7 Å². The van der Waals surface area contributed by atoms with E-state index in [0.717, 1.165) is 39.8 Å². The Kier molecular flexibility index (Phi) is 10.9. The van der Waals surface area contributed by atoms with Crippen molar-refractivity contribution < 1.29 is 19.4 Å². The van der Waals surface area contributed by atoms with E-state index < -0.39 is 6.10 Å². The summed E-state index contributed by atoms with van der Waals surface area (Å²) in [5.74, 6) is 0.580. The second-order valence-electron chi connectivity index (χ2n) is 13.2. The molecule has 2 aliphatic heterocycles. The maximum Gasteiger partial charge on any atom is 0.262 e. The molecule has 13 heteroatoms. The number of aliphatic hydroxyl groups excluding tert-OH is 1. The van der Waals surface area contributed by atoms with Gasteiger partial charge in [-0.05, 0) is 43.5 Å². The zero-order valence-corrected chi connectivity index (χ0v) is 30.4. The molecule has 1 amide bonds. The molecule has 270 valence electrons. The van der Waals surface area contributed by atoms with Gasteiger partial charge in [0.25, 0.3) is 5.56 Å². The molecule has 0 bridgehead atoms. The lowest BCUT2D eigenvalue weighted by Crippen LogP contribution is -2.46. The number of aryl methyl sites for hydroxylation is 1. The number of ether oxygens (including phenoxy) is 2. The van der Waals surface area contributed by atoms with Crippen LogP contribution in [-0.4, -0.2) is 70.4 Å². The van der Waals surface area contributed by atoms with Gasteiger partial charge in [-0.2, -0.15) is 0 Å². The number of rotatable bonds is 11. The molecule has 11 nitrogen and oxygen atoms in total. The van der Waals surface area contributed by atoms with Crippen LogP contribution in [-0.2, 0) is 22.6 Å². The molecule has 3 atom stereocenters. The highest BCUT2D eigenvalue weighted by Gasteiger charge is 2.24. The molecule has 4 N–H and O–H groups in total. The van der Waals surface area contributed by atoms with E-state index in [2.05, 4.69) is 16.0 Å². The first-order chi connectivity index (χ1) is 25.2. The Hall–Kier alpha value is -4.36. The highest BCUT2D eigenvalue weighted by molar-refractivity contribution is 6.39. The van der Waals surface area contributed by atoms with Gasteiger partial charge in [0.15, 0.2) is 0 Å². The maximum atomic E-state index is 13.5.